The van der Waals surface area contributed by atoms with Gasteiger partial charge in [-0.2, -0.15) is 0 Å². The van der Waals surface area contributed by atoms with Gasteiger partial charge in [0.1, 0.15) is 5.69 Å². The highest BCUT2D eigenvalue weighted by molar-refractivity contribution is 9.10. The van der Waals surface area contributed by atoms with Gasteiger partial charge in [0, 0.05) is 42.9 Å². The number of amides is 1. The van der Waals surface area contributed by atoms with E-state index in [1.807, 2.05) is 21.7 Å². The van der Waals surface area contributed by atoms with Gasteiger partial charge in [-0.1, -0.05) is 6.92 Å². The molecule has 1 aliphatic rings. The van der Waals surface area contributed by atoms with Crippen LogP contribution in [0.15, 0.2) is 16.7 Å². The van der Waals surface area contributed by atoms with Crippen LogP contribution in [0.4, 0.5) is 0 Å². The molecule has 1 N–H and O–H groups in total. The molecular weight excluding hydrogens is 294 g/mol. The normalized spacial score (nSPS) is 20.2. The Balaban J connectivity index is 2.21. The molecule has 0 radical (unpaired) electrons. The van der Waals surface area contributed by atoms with Crippen LogP contribution in [0, 0.1) is 0 Å². The second-order valence-electron chi connectivity index (χ2n) is 4.79. The lowest BCUT2D eigenvalue weighted by Gasteiger charge is -2.34. The first-order valence-electron chi connectivity index (χ1n) is 6.51. The summed E-state index contributed by atoms with van der Waals surface area (Å²) in [5.74, 6) is 0.142. The quantitative estimate of drug-likeness (QED) is 0.928. The molecule has 1 amide bonds. The van der Waals surface area contributed by atoms with Crippen LogP contribution >= 0.6 is 15.9 Å². The lowest BCUT2D eigenvalue weighted by molar-refractivity contribution is 0.0644. The van der Waals surface area contributed by atoms with Crippen molar-refractivity contribution in [3.8, 4) is 0 Å². The molecule has 1 saturated heterocycles. The van der Waals surface area contributed by atoms with E-state index in [4.69, 9.17) is 0 Å². The fraction of sp³-hybridized carbons (Fsp3) is 0.615. The van der Waals surface area contributed by atoms with Crippen molar-refractivity contribution in [3.63, 3.8) is 0 Å². The highest BCUT2D eigenvalue weighted by atomic mass is 79.9. The Kier molecular flexibility index (Phi) is 4.45. The Bertz CT molecular complexity index is 430. The van der Waals surface area contributed by atoms with Crippen molar-refractivity contribution in [1.82, 2.24) is 14.8 Å². The second kappa shape index (κ2) is 5.89. The number of nitrogens with one attached hydrogen (secondary N) is 1. The van der Waals surface area contributed by atoms with Crippen LogP contribution < -0.4 is 5.32 Å². The molecule has 1 aliphatic heterocycles. The monoisotopic (exact) mass is 313 g/mol. The van der Waals surface area contributed by atoms with E-state index in [1.165, 1.54) is 0 Å². The zero-order valence-electron chi connectivity index (χ0n) is 10.9. The van der Waals surface area contributed by atoms with Crippen LogP contribution in [0.1, 0.15) is 30.8 Å². The maximum atomic E-state index is 12.6. The van der Waals surface area contributed by atoms with Gasteiger partial charge in [-0.05, 0) is 35.3 Å². The molecule has 0 aliphatic carbocycles. The van der Waals surface area contributed by atoms with E-state index in [1.54, 1.807) is 0 Å². The number of piperazine rings is 1. The Labute approximate surface area is 116 Å². The second-order valence-corrected chi connectivity index (χ2v) is 5.70. The summed E-state index contributed by atoms with van der Waals surface area (Å²) in [6.07, 6.45) is 3.02. The van der Waals surface area contributed by atoms with Crippen molar-refractivity contribution >= 4 is 21.8 Å². The van der Waals surface area contributed by atoms with Crippen LogP contribution in [0.5, 0.6) is 0 Å². The number of carbonyl (C=O) groups is 1. The molecule has 0 saturated carbocycles. The number of halogens is 1. The van der Waals surface area contributed by atoms with E-state index in [-0.39, 0.29) is 11.9 Å². The number of aromatic nitrogens is 1. The molecule has 2 rings (SSSR count). The summed E-state index contributed by atoms with van der Waals surface area (Å²) >= 11 is 3.46. The summed E-state index contributed by atoms with van der Waals surface area (Å²) in [5.41, 5.74) is 0.789. The summed E-state index contributed by atoms with van der Waals surface area (Å²) < 4.78 is 3.02. The summed E-state index contributed by atoms with van der Waals surface area (Å²) in [6.45, 7) is 7.64. The van der Waals surface area contributed by atoms with Crippen LogP contribution in [0.3, 0.4) is 0 Å². The molecule has 0 bridgehead atoms. The highest BCUT2D eigenvalue weighted by Gasteiger charge is 2.26. The number of aryl methyl sites for hydroxylation is 1. The molecule has 4 nitrogen and oxygen atoms in total. The topological polar surface area (TPSA) is 37.3 Å². The Morgan fingerprint density at radius 2 is 2.39 bits per heavy atom. The molecule has 1 aromatic rings. The molecular formula is C13H20BrN3O. The zero-order valence-corrected chi connectivity index (χ0v) is 12.5. The van der Waals surface area contributed by atoms with E-state index in [0.717, 1.165) is 42.8 Å². The summed E-state index contributed by atoms with van der Waals surface area (Å²) in [7, 11) is 0. The molecule has 18 heavy (non-hydrogen) atoms. The van der Waals surface area contributed by atoms with Crippen LogP contribution in [0.2, 0.25) is 0 Å². The van der Waals surface area contributed by atoms with Gasteiger partial charge in [-0.15, -0.1) is 0 Å². The van der Waals surface area contributed by atoms with Gasteiger partial charge in [-0.3, -0.25) is 4.79 Å². The first-order valence-corrected chi connectivity index (χ1v) is 7.30. The van der Waals surface area contributed by atoms with Gasteiger partial charge in [0.15, 0.2) is 0 Å². The first kappa shape index (κ1) is 13.6. The predicted octanol–water partition coefficient (Wildman–Crippen LogP) is 2.09. The third kappa shape index (κ3) is 2.78. The fourth-order valence-electron chi connectivity index (χ4n) is 2.37. The third-order valence-corrected chi connectivity index (χ3v) is 3.74. The maximum Gasteiger partial charge on any atom is 0.270 e. The van der Waals surface area contributed by atoms with Crippen molar-refractivity contribution < 1.29 is 4.79 Å². The Morgan fingerprint density at radius 3 is 3.06 bits per heavy atom. The SMILES string of the molecule is CCCn1cc(Br)cc1C(=O)N1CCNC[C@H]1C. The van der Waals surface area contributed by atoms with Crippen LogP contribution in [-0.2, 0) is 6.54 Å². The van der Waals surface area contributed by atoms with Gasteiger partial charge in [0.2, 0.25) is 0 Å². The Hall–Kier alpha value is -0.810. The van der Waals surface area contributed by atoms with E-state index in [0.29, 0.717) is 0 Å². The molecule has 2 heterocycles. The lowest BCUT2D eigenvalue weighted by Crippen LogP contribution is -2.52. The average molecular weight is 314 g/mol. The van der Waals surface area contributed by atoms with Crippen molar-refractivity contribution in [2.45, 2.75) is 32.9 Å². The number of rotatable bonds is 3. The zero-order chi connectivity index (χ0) is 13.1. The third-order valence-electron chi connectivity index (χ3n) is 3.31. The van der Waals surface area contributed by atoms with E-state index >= 15 is 0 Å². The summed E-state index contributed by atoms with van der Waals surface area (Å²) in [6, 6.07) is 2.18. The van der Waals surface area contributed by atoms with Crippen LogP contribution in [0.25, 0.3) is 0 Å². The molecule has 1 aromatic heterocycles. The van der Waals surface area contributed by atoms with E-state index in [2.05, 4.69) is 35.1 Å². The minimum Gasteiger partial charge on any atom is -0.342 e. The molecule has 0 aromatic carbocycles. The van der Waals surface area contributed by atoms with Crippen molar-refractivity contribution in [1.29, 1.82) is 0 Å². The van der Waals surface area contributed by atoms with E-state index in [9.17, 15) is 4.79 Å². The fourth-order valence-corrected chi connectivity index (χ4v) is 2.83. The average Bonchev–Trinajstić information content (AvgIpc) is 2.71. The summed E-state index contributed by atoms with van der Waals surface area (Å²) in [4.78, 5) is 14.5. The molecule has 100 valence electrons. The van der Waals surface area contributed by atoms with E-state index < -0.39 is 0 Å². The molecule has 1 atom stereocenters. The largest absolute Gasteiger partial charge is 0.342 e. The summed E-state index contributed by atoms with van der Waals surface area (Å²) in [5, 5.41) is 3.31. The van der Waals surface area contributed by atoms with Crippen LogP contribution in [-0.4, -0.2) is 41.1 Å². The van der Waals surface area contributed by atoms with Gasteiger partial charge in [0.25, 0.3) is 5.91 Å². The van der Waals surface area contributed by atoms with Crippen molar-refractivity contribution in [2.75, 3.05) is 19.6 Å². The molecule has 1 fully saturated rings. The minimum atomic E-state index is 0.142. The predicted molar refractivity (Wildman–Crippen MR) is 75.8 cm³/mol. The van der Waals surface area contributed by atoms with Gasteiger partial charge in [0.05, 0.1) is 0 Å². The minimum absolute atomic E-state index is 0.142. The number of hydrogen-bond acceptors (Lipinski definition) is 2. The number of hydrogen-bond donors (Lipinski definition) is 1. The van der Waals surface area contributed by atoms with Crippen molar-refractivity contribution in [3.05, 3.63) is 22.4 Å². The first-order chi connectivity index (χ1) is 8.63. The van der Waals surface area contributed by atoms with Gasteiger partial charge >= 0.3 is 0 Å². The molecule has 5 heteroatoms. The van der Waals surface area contributed by atoms with Crippen molar-refractivity contribution in [2.24, 2.45) is 0 Å². The number of nitrogens with zero attached hydrogens (tertiary/aromatic N) is 2. The lowest BCUT2D eigenvalue weighted by atomic mass is 10.2. The highest BCUT2D eigenvalue weighted by Crippen LogP contribution is 2.18. The molecule has 0 spiro atoms. The van der Waals surface area contributed by atoms with Gasteiger partial charge in [-0.25, -0.2) is 0 Å². The molecule has 0 unspecified atom stereocenters. The maximum absolute atomic E-state index is 12.6. The smallest absolute Gasteiger partial charge is 0.270 e. The Morgan fingerprint density at radius 1 is 1.61 bits per heavy atom. The number of carbonyl (C=O) groups excluding carboxylic acids is 1. The van der Waals surface area contributed by atoms with Gasteiger partial charge < -0.3 is 14.8 Å². The standard InChI is InChI=1S/C13H20BrN3O/c1-3-5-16-9-11(14)7-12(16)13(18)17-6-4-15-8-10(17)2/h7,9-10,15H,3-6,8H2,1-2H3/t10-/m1/s1.